The number of likely N-dealkylation sites (N-methyl/N-ethyl adjacent to an activating group) is 1. The van der Waals surface area contributed by atoms with Crippen LogP contribution in [-0.2, 0) is 6.42 Å². The lowest BCUT2D eigenvalue weighted by molar-refractivity contribution is 0.176. The lowest BCUT2D eigenvalue weighted by Crippen LogP contribution is -2.52. The molecule has 2 heterocycles. The minimum absolute atomic E-state index is 0.0727. The van der Waals surface area contributed by atoms with Gasteiger partial charge in [-0.05, 0) is 76.0 Å². The second-order valence-corrected chi connectivity index (χ2v) is 8.49. The number of aromatic amines is 1. The molecule has 4 N–H and O–H groups in total. The Kier molecular flexibility index (Phi) is 6.25. The molecule has 2 unspecified atom stereocenters. The fraction of sp³-hybridized carbons (Fsp3) is 0.591. The molecule has 2 aliphatic rings. The fourth-order valence-electron chi connectivity index (χ4n) is 4.85. The first-order valence-corrected chi connectivity index (χ1v) is 10.9. The van der Waals surface area contributed by atoms with Crippen molar-refractivity contribution >= 4 is 16.9 Å². The molecule has 1 aliphatic carbocycles. The summed E-state index contributed by atoms with van der Waals surface area (Å²) >= 11 is 0. The zero-order chi connectivity index (χ0) is 20.2. The van der Waals surface area contributed by atoms with Gasteiger partial charge in [0.25, 0.3) is 0 Å². The third kappa shape index (κ3) is 4.85. The molecule has 7 nitrogen and oxygen atoms in total. The lowest BCUT2D eigenvalue weighted by atomic mass is 10.1. The van der Waals surface area contributed by atoms with Crippen LogP contribution in [0.4, 0.5) is 4.79 Å². The van der Waals surface area contributed by atoms with Crippen molar-refractivity contribution in [2.24, 2.45) is 0 Å². The predicted molar refractivity (Wildman–Crippen MR) is 115 cm³/mol. The van der Waals surface area contributed by atoms with Crippen molar-refractivity contribution in [3.05, 3.63) is 30.0 Å². The minimum Gasteiger partial charge on any atom is -0.508 e. The maximum absolute atomic E-state index is 12.5. The van der Waals surface area contributed by atoms with Crippen molar-refractivity contribution in [1.29, 1.82) is 0 Å². The molecule has 1 saturated heterocycles. The minimum atomic E-state index is -0.0727. The molecule has 2 fully saturated rings. The predicted octanol–water partition coefficient (Wildman–Crippen LogP) is 2.27. The Morgan fingerprint density at radius 1 is 1.21 bits per heavy atom. The fourth-order valence-corrected chi connectivity index (χ4v) is 4.85. The van der Waals surface area contributed by atoms with E-state index in [9.17, 15) is 9.90 Å². The van der Waals surface area contributed by atoms with Crippen LogP contribution < -0.4 is 10.6 Å². The van der Waals surface area contributed by atoms with Gasteiger partial charge in [-0.15, -0.1) is 0 Å². The van der Waals surface area contributed by atoms with Crippen molar-refractivity contribution in [1.82, 2.24) is 25.4 Å². The number of aromatic nitrogens is 1. The van der Waals surface area contributed by atoms with Crippen LogP contribution in [-0.4, -0.2) is 77.8 Å². The number of phenols is 1. The van der Waals surface area contributed by atoms with E-state index in [0.29, 0.717) is 12.6 Å². The van der Waals surface area contributed by atoms with Gasteiger partial charge in [0.2, 0.25) is 0 Å². The molecular weight excluding hydrogens is 366 g/mol. The molecule has 0 spiro atoms. The van der Waals surface area contributed by atoms with E-state index >= 15 is 0 Å². The average Bonchev–Trinajstić information content (AvgIpc) is 3.25. The van der Waals surface area contributed by atoms with E-state index in [1.54, 1.807) is 12.1 Å². The summed E-state index contributed by atoms with van der Waals surface area (Å²) in [5.41, 5.74) is 2.10. The number of benzene rings is 1. The molecule has 7 heteroatoms. The first-order chi connectivity index (χ1) is 14.1. The van der Waals surface area contributed by atoms with Crippen LogP contribution in [0.25, 0.3) is 10.9 Å². The highest BCUT2D eigenvalue weighted by atomic mass is 16.3. The number of carbonyl (C=O) groups excluding carboxylic acids is 1. The number of hydrogen-bond acceptors (Lipinski definition) is 4. The molecule has 2 aromatic rings. The van der Waals surface area contributed by atoms with E-state index in [4.69, 9.17) is 0 Å². The van der Waals surface area contributed by atoms with Crippen LogP contribution in [0.15, 0.2) is 24.4 Å². The standard InChI is InChI=1S/C22H33N5O2/c1-26-10-3-11-27(13-12-26)21-5-2-4-20(21)25-22(29)23-9-8-16-15-24-19-7-6-17(28)14-18(16)19/h6-7,14-15,20-21,24,28H,2-5,8-13H2,1H3,(H2,23,25,29). The zero-order valence-electron chi connectivity index (χ0n) is 17.3. The van der Waals surface area contributed by atoms with Gasteiger partial charge in [0.05, 0.1) is 0 Å². The lowest BCUT2D eigenvalue weighted by Gasteiger charge is -2.32. The van der Waals surface area contributed by atoms with Crippen LogP contribution >= 0.6 is 0 Å². The number of amides is 2. The quantitative estimate of drug-likeness (QED) is 0.622. The van der Waals surface area contributed by atoms with Gasteiger partial charge in [-0.25, -0.2) is 4.79 Å². The number of urea groups is 1. The van der Waals surface area contributed by atoms with Gasteiger partial charge < -0.3 is 25.6 Å². The molecule has 4 rings (SSSR count). The van der Waals surface area contributed by atoms with E-state index in [0.717, 1.165) is 55.5 Å². The molecule has 29 heavy (non-hydrogen) atoms. The van der Waals surface area contributed by atoms with E-state index in [-0.39, 0.29) is 17.8 Å². The Morgan fingerprint density at radius 3 is 3.00 bits per heavy atom. The highest BCUT2D eigenvalue weighted by Crippen LogP contribution is 2.25. The number of phenolic OH excluding ortho intramolecular Hbond substituents is 1. The molecule has 1 aliphatic heterocycles. The van der Waals surface area contributed by atoms with Crippen molar-refractivity contribution in [2.45, 2.75) is 44.2 Å². The van der Waals surface area contributed by atoms with Gasteiger partial charge in [-0.2, -0.15) is 0 Å². The Hall–Kier alpha value is -2.25. The van der Waals surface area contributed by atoms with E-state index < -0.39 is 0 Å². The molecule has 2 amide bonds. The number of rotatable bonds is 5. The zero-order valence-corrected chi connectivity index (χ0v) is 17.3. The van der Waals surface area contributed by atoms with Crippen molar-refractivity contribution < 1.29 is 9.90 Å². The third-order valence-corrected chi connectivity index (χ3v) is 6.45. The number of nitrogens with zero attached hydrogens (tertiary/aromatic N) is 2. The summed E-state index contributed by atoms with van der Waals surface area (Å²) in [5, 5.41) is 17.0. The van der Waals surface area contributed by atoms with Gasteiger partial charge in [0, 0.05) is 48.8 Å². The second kappa shape index (κ2) is 9.05. The van der Waals surface area contributed by atoms with Crippen molar-refractivity contribution in [2.75, 3.05) is 39.8 Å². The monoisotopic (exact) mass is 399 g/mol. The number of fused-ring (bicyclic) bond motifs is 1. The normalized spacial score (nSPS) is 23.9. The van der Waals surface area contributed by atoms with E-state index in [1.807, 2.05) is 12.3 Å². The summed E-state index contributed by atoms with van der Waals surface area (Å²) in [7, 11) is 2.19. The van der Waals surface area contributed by atoms with E-state index in [2.05, 4.69) is 32.5 Å². The molecule has 0 bridgehead atoms. The van der Waals surface area contributed by atoms with Crippen molar-refractivity contribution in [3.8, 4) is 5.75 Å². The first kappa shape index (κ1) is 20.0. The molecular formula is C22H33N5O2. The summed E-state index contributed by atoms with van der Waals surface area (Å²) in [6, 6.07) is 5.94. The van der Waals surface area contributed by atoms with Gasteiger partial charge in [0.15, 0.2) is 0 Å². The summed E-state index contributed by atoms with van der Waals surface area (Å²) in [4.78, 5) is 20.7. The Morgan fingerprint density at radius 2 is 2.10 bits per heavy atom. The molecule has 1 aromatic carbocycles. The third-order valence-electron chi connectivity index (χ3n) is 6.45. The molecule has 1 saturated carbocycles. The Labute approximate surface area is 172 Å². The number of H-pyrrole nitrogens is 1. The summed E-state index contributed by atoms with van der Waals surface area (Å²) in [6.07, 6.45) is 7.29. The summed E-state index contributed by atoms with van der Waals surface area (Å²) in [6.45, 7) is 5.06. The molecule has 0 radical (unpaired) electrons. The second-order valence-electron chi connectivity index (χ2n) is 8.49. The number of nitrogens with one attached hydrogen (secondary N) is 3. The maximum Gasteiger partial charge on any atom is 0.315 e. The maximum atomic E-state index is 12.5. The smallest absolute Gasteiger partial charge is 0.315 e. The van der Waals surface area contributed by atoms with Crippen LogP contribution in [0.3, 0.4) is 0 Å². The topological polar surface area (TPSA) is 83.6 Å². The first-order valence-electron chi connectivity index (χ1n) is 10.9. The largest absolute Gasteiger partial charge is 0.508 e. The molecule has 2 atom stereocenters. The number of carbonyl (C=O) groups is 1. The van der Waals surface area contributed by atoms with Gasteiger partial charge in [-0.3, -0.25) is 4.90 Å². The molecule has 1 aromatic heterocycles. The van der Waals surface area contributed by atoms with Crippen LogP contribution in [0.1, 0.15) is 31.2 Å². The Bertz CT molecular complexity index is 836. The average molecular weight is 400 g/mol. The SMILES string of the molecule is CN1CCCN(C2CCCC2NC(=O)NCCc2c[nH]c3ccc(O)cc23)CC1. The van der Waals surface area contributed by atoms with Crippen LogP contribution in [0.5, 0.6) is 5.75 Å². The highest BCUT2D eigenvalue weighted by molar-refractivity contribution is 5.84. The van der Waals surface area contributed by atoms with Crippen molar-refractivity contribution in [3.63, 3.8) is 0 Å². The van der Waals surface area contributed by atoms with Crippen LogP contribution in [0.2, 0.25) is 0 Å². The summed E-state index contributed by atoms with van der Waals surface area (Å²) in [5.74, 6) is 0.260. The van der Waals surface area contributed by atoms with Crippen LogP contribution in [0, 0.1) is 0 Å². The van der Waals surface area contributed by atoms with E-state index in [1.165, 1.54) is 19.3 Å². The molecule has 158 valence electrons. The summed E-state index contributed by atoms with van der Waals surface area (Å²) < 4.78 is 0. The van der Waals surface area contributed by atoms with Gasteiger partial charge in [0.1, 0.15) is 5.75 Å². The highest BCUT2D eigenvalue weighted by Gasteiger charge is 2.33. The Balaban J connectivity index is 1.27. The van der Waals surface area contributed by atoms with Gasteiger partial charge in [-0.1, -0.05) is 0 Å². The number of hydrogen-bond donors (Lipinski definition) is 4. The number of aromatic hydroxyl groups is 1. The van der Waals surface area contributed by atoms with Gasteiger partial charge >= 0.3 is 6.03 Å².